The van der Waals surface area contributed by atoms with E-state index in [1.165, 1.54) is 22.7 Å². The summed E-state index contributed by atoms with van der Waals surface area (Å²) in [5.74, 6) is 2.93. The van der Waals surface area contributed by atoms with Gasteiger partial charge in [-0.1, -0.05) is 49.4 Å². The second-order valence-corrected chi connectivity index (χ2v) is 10.5. The minimum Gasteiger partial charge on any atom is -0.507 e. The lowest BCUT2D eigenvalue weighted by molar-refractivity contribution is -0.130. The number of rotatable bonds is 6. The number of anilines is 2. The second kappa shape index (κ2) is 11.7. The molecule has 6 rings (SSSR count). The molecular formula is C30H35FN6O2. The largest absolute Gasteiger partial charge is 0.507 e. The Labute approximate surface area is 227 Å². The molecular weight excluding hydrogens is 495 g/mol. The highest BCUT2D eigenvalue weighted by Crippen LogP contribution is 2.46. The van der Waals surface area contributed by atoms with Crippen LogP contribution in [0.1, 0.15) is 44.6 Å². The third kappa shape index (κ3) is 6.13. The first-order chi connectivity index (χ1) is 18.9. The summed E-state index contributed by atoms with van der Waals surface area (Å²) in [5.41, 5.74) is 4.64. The van der Waals surface area contributed by atoms with Crippen LogP contribution in [-0.4, -0.2) is 50.1 Å². The van der Waals surface area contributed by atoms with E-state index < -0.39 is 0 Å². The smallest absolute Gasteiger partial charge is 0.219 e. The second-order valence-electron chi connectivity index (χ2n) is 10.5. The standard InChI is InChI=1S/C20H23FN6O2.C10H12/c1-13(28)26-8-4-5-14(12-26)10-22-19-9-16(15-6-2-3-7-18(15)29)24-20-17(25-21)11-23-27(19)20;1-8-7-10(8)9-5-3-2-4-6-9/h2-3,6-7,9,11,14,22,25,29H,4-5,8,10,12H2,1H3;2-6,8,10H,7H2,1H3/t;8?,10-/m.1/s1. The maximum Gasteiger partial charge on any atom is 0.219 e. The van der Waals surface area contributed by atoms with Crippen molar-refractivity contribution in [1.82, 2.24) is 19.5 Å². The predicted molar refractivity (Wildman–Crippen MR) is 151 cm³/mol. The third-order valence-electron chi connectivity index (χ3n) is 7.63. The van der Waals surface area contributed by atoms with Crippen LogP contribution in [-0.2, 0) is 4.79 Å². The number of aromatic nitrogens is 3. The molecule has 1 amide bonds. The average molecular weight is 531 g/mol. The topological polar surface area (TPSA) is 94.8 Å². The summed E-state index contributed by atoms with van der Waals surface area (Å²) in [7, 11) is 0. The fourth-order valence-corrected chi connectivity index (χ4v) is 5.24. The summed E-state index contributed by atoms with van der Waals surface area (Å²) in [4.78, 5) is 18.0. The van der Waals surface area contributed by atoms with Crippen molar-refractivity contribution in [2.45, 2.75) is 39.0 Å². The summed E-state index contributed by atoms with van der Waals surface area (Å²) in [6.45, 7) is 6.06. The molecule has 1 aliphatic carbocycles. The van der Waals surface area contributed by atoms with Crippen molar-refractivity contribution in [2.24, 2.45) is 11.8 Å². The monoisotopic (exact) mass is 530 g/mol. The molecule has 0 bridgehead atoms. The van der Waals surface area contributed by atoms with Gasteiger partial charge in [-0.25, -0.2) is 10.5 Å². The van der Waals surface area contributed by atoms with Gasteiger partial charge in [0.2, 0.25) is 5.91 Å². The van der Waals surface area contributed by atoms with Gasteiger partial charge in [0.15, 0.2) is 5.65 Å². The third-order valence-corrected chi connectivity index (χ3v) is 7.63. The molecule has 39 heavy (non-hydrogen) atoms. The minimum absolute atomic E-state index is 0.0913. The van der Waals surface area contributed by atoms with Crippen LogP contribution >= 0.6 is 0 Å². The number of piperidine rings is 1. The molecule has 2 aromatic carbocycles. The zero-order valence-corrected chi connectivity index (χ0v) is 22.3. The van der Waals surface area contributed by atoms with Crippen molar-refractivity contribution in [2.75, 3.05) is 30.5 Å². The number of para-hydroxylation sites is 1. The number of nitrogens with one attached hydrogen (secondary N) is 2. The number of nitrogens with zero attached hydrogens (tertiary/aromatic N) is 4. The molecule has 2 aromatic heterocycles. The van der Waals surface area contributed by atoms with E-state index >= 15 is 0 Å². The molecule has 2 fully saturated rings. The summed E-state index contributed by atoms with van der Waals surface area (Å²) in [6, 6.07) is 19.4. The van der Waals surface area contributed by atoms with Crippen molar-refractivity contribution in [1.29, 1.82) is 0 Å². The van der Waals surface area contributed by atoms with E-state index in [0.29, 0.717) is 41.7 Å². The molecule has 4 aromatic rings. The van der Waals surface area contributed by atoms with E-state index in [0.717, 1.165) is 31.2 Å². The number of phenols is 1. The fourth-order valence-electron chi connectivity index (χ4n) is 5.24. The predicted octanol–water partition coefficient (Wildman–Crippen LogP) is 5.88. The Kier molecular flexibility index (Phi) is 7.95. The van der Waals surface area contributed by atoms with Crippen LogP contribution in [0.4, 0.5) is 16.0 Å². The van der Waals surface area contributed by atoms with Gasteiger partial charge >= 0.3 is 0 Å². The highest BCUT2D eigenvalue weighted by Gasteiger charge is 2.33. The van der Waals surface area contributed by atoms with Gasteiger partial charge in [0.1, 0.15) is 17.3 Å². The van der Waals surface area contributed by atoms with Crippen molar-refractivity contribution in [3.63, 3.8) is 0 Å². The fraction of sp³-hybridized carbons (Fsp3) is 0.367. The molecule has 3 N–H and O–H groups in total. The first kappa shape index (κ1) is 26.5. The van der Waals surface area contributed by atoms with Gasteiger partial charge in [0, 0.05) is 38.2 Å². The van der Waals surface area contributed by atoms with Crippen LogP contribution in [0, 0.1) is 11.8 Å². The molecule has 204 valence electrons. The van der Waals surface area contributed by atoms with Gasteiger partial charge in [-0.15, -0.1) is 4.48 Å². The first-order valence-electron chi connectivity index (χ1n) is 13.5. The number of benzene rings is 2. The van der Waals surface area contributed by atoms with Gasteiger partial charge < -0.3 is 15.3 Å². The lowest BCUT2D eigenvalue weighted by Crippen LogP contribution is -2.40. The summed E-state index contributed by atoms with van der Waals surface area (Å²) in [5, 5.41) is 17.8. The Morgan fingerprint density at radius 1 is 1.15 bits per heavy atom. The minimum atomic E-state index is 0.0913. The lowest BCUT2D eigenvalue weighted by atomic mass is 9.98. The Morgan fingerprint density at radius 2 is 1.90 bits per heavy atom. The quantitative estimate of drug-likeness (QED) is 0.270. The highest BCUT2D eigenvalue weighted by molar-refractivity contribution is 5.76. The van der Waals surface area contributed by atoms with E-state index in [9.17, 15) is 14.4 Å². The van der Waals surface area contributed by atoms with Crippen LogP contribution in [0.5, 0.6) is 5.75 Å². The highest BCUT2D eigenvalue weighted by atomic mass is 19.2. The van der Waals surface area contributed by atoms with E-state index in [4.69, 9.17) is 0 Å². The Morgan fingerprint density at radius 3 is 2.59 bits per heavy atom. The molecule has 1 aliphatic heterocycles. The summed E-state index contributed by atoms with van der Waals surface area (Å²) < 4.78 is 14.7. The number of phenolic OH excluding ortho intramolecular Hbond substituents is 1. The molecule has 0 spiro atoms. The number of hydrogen-bond acceptors (Lipinski definition) is 6. The summed E-state index contributed by atoms with van der Waals surface area (Å²) in [6.07, 6.45) is 4.75. The zero-order chi connectivity index (χ0) is 27.4. The van der Waals surface area contributed by atoms with Crippen LogP contribution in [0.25, 0.3) is 16.9 Å². The molecule has 1 saturated heterocycles. The van der Waals surface area contributed by atoms with Crippen molar-refractivity contribution >= 4 is 23.1 Å². The maximum atomic E-state index is 13.2. The first-order valence-corrected chi connectivity index (χ1v) is 13.5. The van der Waals surface area contributed by atoms with E-state index in [-0.39, 0.29) is 17.3 Å². The molecule has 9 heteroatoms. The Balaban J connectivity index is 0.000000257. The molecule has 3 heterocycles. The number of fused-ring (bicyclic) bond motifs is 1. The lowest BCUT2D eigenvalue weighted by Gasteiger charge is -2.32. The molecule has 3 atom stereocenters. The molecule has 2 aliphatic rings. The molecule has 8 nitrogen and oxygen atoms in total. The van der Waals surface area contributed by atoms with Crippen molar-refractivity contribution in [3.8, 4) is 17.0 Å². The molecule has 1 saturated carbocycles. The van der Waals surface area contributed by atoms with Gasteiger partial charge in [-0.2, -0.15) is 9.61 Å². The maximum absolute atomic E-state index is 13.2. The Bertz CT molecular complexity index is 1430. The van der Waals surface area contributed by atoms with E-state index in [1.807, 2.05) is 4.90 Å². The number of likely N-dealkylation sites (tertiary alicyclic amines) is 1. The van der Waals surface area contributed by atoms with Gasteiger partial charge in [-0.3, -0.25) is 4.79 Å². The normalized spacial score (nSPS) is 20.2. The van der Waals surface area contributed by atoms with Gasteiger partial charge in [-0.05, 0) is 54.7 Å². The number of carbonyl (C=O) groups excluding carboxylic acids is 1. The van der Waals surface area contributed by atoms with Crippen molar-refractivity contribution < 1.29 is 14.4 Å². The van der Waals surface area contributed by atoms with Crippen LogP contribution in [0.15, 0.2) is 66.9 Å². The van der Waals surface area contributed by atoms with E-state index in [1.54, 1.807) is 42.8 Å². The Hall–Kier alpha value is -4.14. The number of aromatic hydroxyl groups is 1. The average Bonchev–Trinajstić information content (AvgIpc) is 3.55. The number of carbonyl (C=O) groups is 1. The number of hydrogen-bond donors (Lipinski definition) is 3. The summed E-state index contributed by atoms with van der Waals surface area (Å²) >= 11 is 0. The van der Waals surface area contributed by atoms with Crippen LogP contribution in [0.2, 0.25) is 0 Å². The van der Waals surface area contributed by atoms with Crippen LogP contribution in [0.3, 0.4) is 0 Å². The SMILES string of the molecule is CC(=O)N1CCCC(CNc2cc(-c3ccccc3O)nc3c(NF)cnn23)C1.CC1C[C@H]1c1ccccc1. The molecule has 0 radical (unpaired) electrons. The van der Waals surface area contributed by atoms with Gasteiger partial charge in [0.25, 0.3) is 0 Å². The number of halogens is 1. The van der Waals surface area contributed by atoms with Crippen LogP contribution < -0.4 is 10.9 Å². The number of amides is 1. The zero-order valence-electron chi connectivity index (χ0n) is 22.3. The van der Waals surface area contributed by atoms with Gasteiger partial charge in [0.05, 0.1) is 11.9 Å². The van der Waals surface area contributed by atoms with E-state index in [2.05, 4.69) is 52.7 Å². The molecule has 2 unspecified atom stereocenters. The van der Waals surface area contributed by atoms with Crippen molar-refractivity contribution in [3.05, 3.63) is 72.4 Å².